The molecule has 1 N–H and O–H groups in total. The van der Waals surface area contributed by atoms with Gasteiger partial charge in [0.15, 0.2) is 0 Å². The third-order valence-corrected chi connectivity index (χ3v) is 5.77. The molecule has 174 valence electrons. The average molecular weight is 462 g/mol. The molecule has 0 atom stereocenters. The fourth-order valence-corrected chi connectivity index (χ4v) is 4.10. The molecule has 1 aromatic heterocycles. The van der Waals surface area contributed by atoms with Crippen molar-refractivity contribution < 1.29 is 9.53 Å². The summed E-state index contributed by atoms with van der Waals surface area (Å²) in [5.41, 5.74) is 6.74. The van der Waals surface area contributed by atoms with E-state index in [1.165, 1.54) is 5.56 Å². The molecule has 0 radical (unpaired) electrons. The van der Waals surface area contributed by atoms with Crippen molar-refractivity contribution >= 4 is 17.7 Å². The van der Waals surface area contributed by atoms with Crippen molar-refractivity contribution in [2.24, 2.45) is 0 Å². The van der Waals surface area contributed by atoms with Crippen LogP contribution in [-0.2, 0) is 4.79 Å². The zero-order valence-electron chi connectivity index (χ0n) is 20.1. The van der Waals surface area contributed by atoms with E-state index in [2.05, 4.69) is 46.3 Å². The summed E-state index contributed by atoms with van der Waals surface area (Å²) in [5, 5.41) is 12.5. The number of nitriles is 1. The third-order valence-electron chi connectivity index (χ3n) is 5.77. The molecule has 0 spiro atoms. The summed E-state index contributed by atoms with van der Waals surface area (Å²) in [4.78, 5) is 12.8. The molecule has 5 heteroatoms. The van der Waals surface area contributed by atoms with Gasteiger partial charge in [0.1, 0.15) is 17.4 Å². The van der Waals surface area contributed by atoms with E-state index >= 15 is 0 Å². The average Bonchev–Trinajstić information content (AvgIpc) is 3.16. The predicted octanol–water partition coefficient (Wildman–Crippen LogP) is 6.71. The van der Waals surface area contributed by atoms with E-state index < -0.39 is 5.91 Å². The van der Waals surface area contributed by atoms with Crippen LogP contribution in [-0.4, -0.2) is 17.1 Å². The van der Waals surface area contributed by atoms with E-state index in [-0.39, 0.29) is 5.57 Å². The Kier molecular flexibility index (Phi) is 7.13. The van der Waals surface area contributed by atoms with Crippen LogP contribution in [0.5, 0.6) is 5.75 Å². The van der Waals surface area contributed by atoms with Crippen LogP contribution >= 0.6 is 0 Å². The van der Waals surface area contributed by atoms with Gasteiger partial charge in [0.05, 0.1) is 6.61 Å². The number of carbonyl (C=O) groups excluding carboxylic acids is 1. The van der Waals surface area contributed by atoms with E-state index in [1.807, 2.05) is 57.2 Å². The molecule has 0 saturated carbocycles. The third kappa shape index (κ3) is 5.34. The topological polar surface area (TPSA) is 67.0 Å². The van der Waals surface area contributed by atoms with Crippen molar-refractivity contribution in [1.82, 2.24) is 4.57 Å². The number of nitrogens with zero attached hydrogens (tertiary/aromatic N) is 2. The molecule has 0 unspecified atom stereocenters. The summed E-state index contributed by atoms with van der Waals surface area (Å²) in [7, 11) is 0. The lowest BCUT2D eigenvalue weighted by Gasteiger charge is -2.11. The molecular formula is C30H27N3O2. The molecule has 0 aliphatic carbocycles. The quantitative estimate of drug-likeness (QED) is 0.246. The number of carbonyl (C=O) groups is 1. The van der Waals surface area contributed by atoms with Crippen molar-refractivity contribution in [1.29, 1.82) is 5.26 Å². The first-order valence-corrected chi connectivity index (χ1v) is 11.5. The highest BCUT2D eigenvalue weighted by atomic mass is 16.5. The molecule has 0 aliphatic rings. The van der Waals surface area contributed by atoms with Crippen molar-refractivity contribution in [2.75, 3.05) is 11.9 Å². The van der Waals surface area contributed by atoms with Gasteiger partial charge in [0.2, 0.25) is 0 Å². The van der Waals surface area contributed by atoms with E-state index in [0.29, 0.717) is 18.0 Å². The number of rotatable bonds is 7. The maximum Gasteiger partial charge on any atom is 0.266 e. The van der Waals surface area contributed by atoms with Crippen molar-refractivity contribution in [3.05, 3.63) is 107 Å². The second kappa shape index (κ2) is 10.6. The van der Waals surface area contributed by atoms with Crippen molar-refractivity contribution in [2.45, 2.75) is 20.8 Å². The molecule has 4 rings (SSSR count). The second-order valence-corrected chi connectivity index (χ2v) is 8.16. The Bertz CT molecular complexity index is 1410. The molecule has 0 saturated heterocycles. The minimum absolute atomic E-state index is 0.0338. The molecule has 0 fully saturated rings. The number of amides is 1. The van der Waals surface area contributed by atoms with Crippen LogP contribution in [0.2, 0.25) is 0 Å². The minimum atomic E-state index is -0.460. The fourth-order valence-electron chi connectivity index (χ4n) is 4.10. The number of hydrogen-bond donors (Lipinski definition) is 1. The summed E-state index contributed by atoms with van der Waals surface area (Å²) in [5.74, 6) is 0.202. The number of aryl methyl sites for hydroxylation is 1. The van der Waals surface area contributed by atoms with Gasteiger partial charge in [-0.3, -0.25) is 4.79 Å². The van der Waals surface area contributed by atoms with Gasteiger partial charge in [-0.05, 0) is 73.9 Å². The van der Waals surface area contributed by atoms with E-state index in [9.17, 15) is 10.1 Å². The molecule has 4 aromatic rings. The maximum atomic E-state index is 12.8. The van der Waals surface area contributed by atoms with Crippen LogP contribution in [0.15, 0.2) is 90.5 Å². The van der Waals surface area contributed by atoms with Gasteiger partial charge in [0.25, 0.3) is 5.91 Å². The van der Waals surface area contributed by atoms with Crippen molar-refractivity contribution in [3.8, 4) is 28.6 Å². The highest BCUT2D eigenvalue weighted by Crippen LogP contribution is 2.26. The highest BCUT2D eigenvalue weighted by molar-refractivity contribution is 6.09. The zero-order chi connectivity index (χ0) is 24.8. The lowest BCUT2D eigenvalue weighted by molar-refractivity contribution is -0.112. The second-order valence-electron chi connectivity index (χ2n) is 8.16. The van der Waals surface area contributed by atoms with Crippen LogP contribution in [0.1, 0.15) is 23.9 Å². The predicted molar refractivity (Wildman–Crippen MR) is 141 cm³/mol. The molecular weight excluding hydrogens is 434 g/mol. The molecule has 1 heterocycles. The highest BCUT2D eigenvalue weighted by Gasteiger charge is 2.14. The standard InChI is InChI=1S/C30H27N3O2/c1-4-35-29-12-8-11-27(19-29)32-30(34)26(20-31)18-25-17-21(2)33(22(25)3)28-15-13-24(14-16-28)23-9-6-5-7-10-23/h5-19H,4H2,1-3H3,(H,32,34)/b26-18-. The van der Waals surface area contributed by atoms with Gasteiger partial charge in [0, 0.05) is 28.8 Å². The number of anilines is 1. The molecule has 3 aromatic carbocycles. The van der Waals surface area contributed by atoms with Crippen LogP contribution < -0.4 is 10.1 Å². The van der Waals surface area contributed by atoms with E-state index in [0.717, 1.165) is 28.2 Å². The Balaban J connectivity index is 1.59. The number of benzene rings is 3. The summed E-state index contributed by atoms with van der Waals surface area (Å²) < 4.78 is 7.61. The Morgan fingerprint density at radius 1 is 0.971 bits per heavy atom. The summed E-state index contributed by atoms with van der Waals surface area (Å²) in [6.45, 7) is 6.43. The van der Waals surface area contributed by atoms with Gasteiger partial charge in [-0.25, -0.2) is 0 Å². The molecule has 35 heavy (non-hydrogen) atoms. The molecule has 0 bridgehead atoms. The van der Waals surface area contributed by atoms with Gasteiger partial charge < -0.3 is 14.6 Å². The van der Waals surface area contributed by atoms with Gasteiger partial charge in [-0.1, -0.05) is 48.5 Å². The summed E-state index contributed by atoms with van der Waals surface area (Å²) in [6, 6.07) is 29.8. The number of aromatic nitrogens is 1. The van der Waals surface area contributed by atoms with Crippen LogP contribution in [0.3, 0.4) is 0 Å². The number of nitrogens with one attached hydrogen (secondary N) is 1. The zero-order valence-corrected chi connectivity index (χ0v) is 20.1. The molecule has 1 amide bonds. The van der Waals surface area contributed by atoms with E-state index in [4.69, 9.17) is 4.74 Å². The van der Waals surface area contributed by atoms with Crippen LogP contribution in [0, 0.1) is 25.2 Å². The fraction of sp³-hybridized carbons (Fsp3) is 0.133. The van der Waals surface area contributed by atoms with Gasteiger partial charge in [-0.15, -0.1) is 0 Å². The molecule has 5 nitrogen and oxygen atoms in total. The number of hydrogen-bond acceptors (Lipinski definition) is 3. The smallest absolute Gasteiger partial charge is 0.266 e. The Morgan fingerprint density at radius 2 is 1.69 bits per heavy atom. The molecule has 0 aliphatic heterocycles. The van der Waals surface area contributed by atoms with Crippen molar-refractivity contribution in [3.63, 3.8) is 0 Å². The number of ether oxygens (including phenoxy) is 1. The Hall–Kier alpha value is -4.56. The van der Waals surface area contributed by atoms with Gasteiger partial charge >= 0.3 is 0 Å². The first kappa shape index (κ1) is 23.6. The largest absolute Gasteiger partial charge is 0.494 e. The SMILES string of the molecule is CCOc1cccc(NC(=O)/C(C#N)=C\c2cc(C)n(-c3ccc(-c4ccccc4)cc3)c2C)c1. The lowest BCUT2D eigenvalue weighted by atomic mass is 10.1. The van der Waals surface area contributed by atoms with Gasteiger partial charge in [-0.2, -0.15) is 5.26 Å². The first-order chi connectivity index (χ1) is 17.0. The normalized spacial score (nSPS) is 11.1. The summed E-state index contributed by atoms with van der Waals surface area (Å²) >= 11 is 0. The first-order valence-electron chi connectivity index (χ1n) is 11.5. The minimum Gasteiger partial charge on any atom is -0.494 e. The monoisotopic (exact) mass is 461 g/mol. The van der Waals surface area contributed by atoms with Crippen LogP contribution in [0.25, 0.3) is 22.9 Å². The van der Waals surface area contributed by atoms with E-state index in [1.54, 1.807) is 24.3 Å². The summed E-state index contributed by atoms with van der Waals surface area (Å²) in [6.07, 6.45) is 1.64. The maximum absolute atomic E-state index is 12.8. The lowest BCUT2D eigenvalue weighted by Crippen LogP contribution is -2.13. The Morgan fingerprint density at radius 3 is 2.37 bits per heavy atom. The Labute approximate surface area is 205 Å². The van der Waals surface area contributed by atoms with Crippen LogP contribution in [0.4, 0.5) is 5.69 Å².